The summed E-state index contributed by atoms with van der Waals surface area (Å²) < 4.78 is 13.1. The van der Waals surface area contributed by atoms with E-state index in [0.29, 0.717) is 13.0 Å². The molecule has 0 spiro atoms. The first-order valence-corrected chi connectivity index (χ1v) is 14.5. The van der Waals surface area contributed by atoms with Gasteiger partial charge in [0, 0.05) is 0 Å². The zero-order chi connectivity index (χ0) is 26.3. The van der Waals surface area contributed by atoms with Crippen LogP contribution in [0, 0.1) is 0 Å². The van der Waals surface area contributed by atoms with Crippen molar-refractivity contribution >= 4 is 35.9 Å². The molecule has 0 bridgehead atoms. The van der Waals surface area contributed by atoms with E-state index in [1.54, 1.807) is 6.07 Å². The van der Waals surface area contributed by atoms with E-state index in [1.165, 1.54) is 24.4 Å². The summed E-state index contributed by atoms with van der Waals surface area (Å²) in [5.41, 5.74) is 3.14. The number of methoxy groups -OCH3 is 1. The molecule has 0 radical (unpaired) electrons. The summed E-state index contributed by atoms with van der Waals surface area (Å²) >= 11 is -0.104. The number of rotatable bonds is 12. The Morgan fingerprint density at radius 1 is 0.972 bits per heavy atom. The van der Waals surface area contributed by atoms with E-state index in [9.17, 15) is 14.7 Å². The fraction of sp³-hybridized carbons (Fsp3) is 0.552. The van der Waals surface area contributed by atoms with Crippen LogP contribution in [0.4, 0.5) is 0 Å². The van der Waals surface area contributed by atoms with E-state index in [0.717, 1.165) is 59.7 Å². The van der Waals surface area contributed by atoms with Crippen LogP contribution < -0.4 is 13.8 Å². The number of pyridine rings is 1. The summed E-state index contributed by atoms with van der Waals surface area (Å²) in [5, 5.41) is 9.20. The molecule has 1 aliphatic rings. The van der Waals surface area contributed by atoms with Gasteiger partial charge in [-0.3, -0.25) is 0 Å². The monoisotopic (exact) mass is 561 g/mol. The van der Waals surface area contributed by atoms with Crippen LogP contribution in [0.15, 0.2) is 30.5 Å². The number of carbonyl (C=O) groups is 2. The Labute approximate surface area is 221 Å². The summed E-state index contributed by atoms with van der Waals surface area (Å²) in [7, 11) is 1.43. The number of hydrogen-bond acceptors (Lipinski definition) is 5. The van der Waals surface area contributed by atoms with Crippen molar-refractivity contribution in [3.8, 4) is 5.75 Å². The number of esters is 1. The van der Waals surface area contributed by atoms with Crippen molar-refractivity contribution in [2.45, 2.75) is 89.9 Å². The standard InChI is InChI=1S/C29H39NO5Se/c1-28(2)14-15-29(3,4)22-18-24(36-25-13-12-20(19-30-25)27(32)33)23(17-21(22)28)35-16-10-8-6-7-9-11-26(31)34-5/h12-13,17-19H,6-11,14-16H2,1-5H3,(H,32,33). The van der Waals surface area contributed by atoms with Crippen LogP contribution in [-0.2, 0) is 20.4 Å². The molecule has 1 N–H and O–H groups in total. The van der Waals surface area contributed by atoms with Gasteiger partial charge in [-0.1, -0.05) is 0 Å². The molecule has 1 heterocycles. The van der Waals surface area contributed by atoms with Crippen molar-refractivity contribution in [3.05, 3.63) is 47.2 Å². The first kappa shape index (κ1) is 28.2. The second-order valence-electron chi connectivity index (χ2n) is 10.8. The van der Waals surface area contributed by atoms with Gasteiger partial charge in [-0.15, -0.1) is 0 Å². The van der Waals surface area contributed by atoms with Gasteiger partial charge in [-0.05, 0) is 0 Å². The molecule has 0 fully saturated rings. The molecule has 6 nitrogen and oxygen atoms in total. The van der Waals surface area contributed by atoms with Crippen molar-refractivity contribution in [2.24, 2.45) is 0 Å². The Balaban J connectivity index is 1.74. The molecule has 0 saturated heterocycles. The molecule has 36 heavy (non-hydrogen) atoms. The quantitative estimate of drug-likeness (QED) is 0.231. The summed E-state index contributed by atoms with van der Waals surface area (Å²) in [5.74, 6) is -0.179. The first-order chi connectivity index (χ1) is 17.0. The molecule has 3 rings (SSSR count). The molecule has 0 saturated carbocycles. The third-order valence-corrected chi connectivity index (χ3v) is 9.20. The molecule has 0 amide bonds. The van der Waals surface area contributed by atoms with Gasteiger partial charge in [0.25, 0.3) is 0 Å². The van der Waals surface area contributed by atoms with E-state index < -0.39 is 5.97 Å². The Hall–Kier alpha value is -2.37. The minimum atomic E-state index is -0.964. The Morgan fingerprint density at radius 2 is 1.61 bits per heavy atom. The van der Waals surface area contributed by atoms with Gasteiger partial charge in [0.15, 0.2) is 0 Å². The predicted octanol–water partition coefficient (Wildman–Crippen LogP) is 4.68. The third kappa shape index (κ3) is 7.33. The van der Waals surface area contributed by atoms with Crippen LogP contribution in [-0.4, -0.2) is 50.7 Å². The zero-order valence-electron chi connectivity index (χ0n) is 22.2. The number of fused-ring (bicyclic) bond motifs is 1. The molecule has 196 valence electrons. The summed E-state index contributed by atoms with van der Waals surface area (Å²) in [6.45, 7) is 9.91. The number of hydrogen-bond donors (Lipinski definition) is 1. The van der Waals surface area contributed by atoms with E-state index in [1.807, 2.05) is 6.07 Å². The number of carboxylic acids is 1. The average Bonchev–Trinajstić information content (AvgIpc) is 2.84. The van der Waals surface area contributed by atoms with Crippen molar-refractivity contribution in [1.29, 1.82) is 0 Å². The van der Waals surface area contributed by atoms with Crippen molar-refractivity contribution in [2.75, 3.05) is 13.7 Å². The number of nitrogens with zero attached hydrogens (tertiary/aromatic N) is 1. The Kier molecular flexibility index (Phi) is 9.59. The van der Waals surface area contributed by atoms with Crippen LogP contribution in [0.2, 0.25) is 0 Å². The number of aromatic carboxylic acids is 1. The number of unbranched alkanes of at least 4 members (excludes halogenated alkanes) is 4. The molecule has 0 aliphatic heterocycles. The van der Waals surface area contributed by atoms with Crippen molar-refractivity contribution in [3.63, 3.8) is 0 Å². The minimum absolute atomic E-state index is 0.0928. The van der Waals surface area contributed by atoms with Gasteiger partial charge in [0.05, 0.1) is 7.11 Å². The SMILES string of the molecule is COC(=O)CCCCCCCOc1cc2c(cc1[Se]c1ccc(C(=O)O)cn1)C(C)(C)CCC2(C)C. The van der Waals surface area contributed by atoms with E-state index in [4.69, 9.17) is 9.47 Å². The number of carboxylic acid groups (broad SMARTS) is 1. The zero-order valence-corrected chi connectivity index (χ0v) is 23.9. The van der Waals surface area contributed by atoms with Crippen LogP contribution in [0.5, 0.6) is 5.75 Å². The maximum absolute atomic E-state index is 11.2. The van der Waals surface area contributed by atoms with Gasteiger partial charge < -0.3 is 0 Å². The van der Waals surface area contributed by atoms with Crippen LogP contribution >= 0.6 is 0 Å². The van der Waals surface area contributed by atoms with E-state index in [2.05, 4.69) is 44.8 Å². The fourth-order valence-electron chi connectivity index (χ4n) is 4.63. The third-order valence-electron chi connectivity index (χ3n) is 7.13. The fourth-order valence-corrected chi connectivity index (χ4v) is 6.44. The van der Waals surface area contributed by atoms with Gasteiger partial charge in [0.1, 0.15) is 0 Å². The van der Waals surface area contributed by atoms with Crippen LogP contribution in [0.3, 0.4) is 0 Å². The van der Waals surface area contributed by atoms with Gasteiger partial charge in [0.2, 0.25) is 0 Å². The van der Waals surface area contributed by atoms with E-state index in [-0.39, 0.29) is 37.3 Å². The summed E-state index contributed by atoms with van der Waals surface area (Å²) in [6.07, 6.45) is 9.18. The van der Waals surface area contributed by atoms with Crippen LogP contribution in [0.25, 0.3) is 0 Å². The molecular formula is C29H39NO5Se. The first-order valence-electron chi connectivity index (χ1n) is 12.8. The van der Waals surface area contributed by atoms with Gasteiger partial charge in [-0.25, -0.2) is 0 Å². The summed E-state index contributed by atoms with van der Waals surface area (Å²) in [6, 6.07) is 8.02. The van der Waals surface area contributed by atoms with Crippen molar-refractivity contribution < 1.29 is 24.2 Å². The van der Waals surface area contributed by atoms with Gasteiger partial charge >= 0.3 is 215 Å². The Bertz CT molecular complexity index is 1060. The molecular weight excluding hydrogens is 521 g/mol. The number of carbonyl (C=O) groups excluding carboxylic acids is 1. The predicted molar refractivity (Wildman–Crippen MR) is 143 cm³/mol. The topological polar surface area (TPSA) is 85.7 Å². The second kappa shape index (κ2) is 12.2. The number of ether oxygens (including phenoxy) is 2. The summed E-state index contributed by atoms with van der Waals surface area (Å²) in [4.78, 5) is 26.9. The second-order valence-corrected chi connectivity index (χ2v) is 13.1. The normalized spacial score (nSPS) is 15.7. The van der Waals surface area contributed by atoms with Crippen molar-refractivity contribution in [1.82, 2.24) is 4.98 Å². The van der Waals surface area contributed by atoms with Gasteiger partial charge in [-0.2, -0.15) is 0 Å². The molecule has 1 aromatic heterocycles. The number of aromatic nitrogens is 1. The molecule has 7 heteroatoms. The molecule has 1 aliphatic carbocycles. The number of benzene rings is 1. The maximum atomic E-state index is 11.2. The molecule has 2 aromatic rings. The Morgan fingerprint density at radius 3 is 2.22 bits per heavy atom. The van der Waals surface area contributed by atoms with Crippen LogP contribution in [0.1, 0.15) is 101 Å². The average molecular weight is 561 g/mol. The van der Waals surface area contributed by atoms with E-state index >= 15 is 0 Å². The molecule has 1 aromatic carbocycles. The molecule has 0 unspecified atom stereocenters. The molecule has 0 atom stereocenters.